The molecule has 0 saturated heterocycles. The first-order chi connectivity index (χ1) is 6.36. The quantitative estimate of drug-likeness (QED) is 0.742. The Morgan fingerprint density at radius 3 is 2.92 bits per heavy atom. The molecule has 0 radical (unpaired) electrons. The van der Waals surface area contributed by atoms with E-state index in [1.165, 1.54) is 36.9 Å². The number of nitrogens with zero attached hydrogens (tertiary/aromatic N) is 1. The summed E-state index contributed by atoms with van der Waals surface area (Å²) in [6.07, 6.45) is 7.34. The first-order valence-electron chi connectivity index (χ1n) is 5.08. The first-order valence-corrected chi connectivity index (χ1v) is 5.08. The van der Waals surface area contributed by atoms with Crippen LogP contribution in [0.15, 0.2) is 6.20 Å². The van der Waals surface area contributed by atoms with E-state index >= 15 is 0 Å². The zero-order chi connectivity index (χ0) is 9.10. The van der Waals surface area contributed by atoms with Gasteiger partial charge in [-0.3, -0.25) is 5.10 Å². The fraction of sp³-hybridized carbons (Fsp3) is 0.700. The lowest BCUT2D eigenvalue weighted by molar-refractivity contribution is 0.518. The van der Waals surface area contributed by atoms with Gasteiger partial charge in [0.1, 0.15) is 0 Å². The van der Waals surface area contributed by atoms with Crippen LogP contribution in [0.1, 0.15) is 36.9 Å². The Morgan fingerprint density at radius 2 is 2.31 bits per heavy atom. The topological polar surface area (TPSA) is 40.7 Å². The van der Waals surface area contributed by atoms with Gasteiger partial charge < -0.3 is 5.32 Å². The van der Waals surface area contributed by atoms with E-state index < -0.39 is 0 Å². The van der Waals surface area contributed by atoms with E-state index in [4.69, 9.17) is 0 Å². The molecule has 0 spiro atoms. The van der Waals surface area contributed by atoms with Gasteiger partial charge in [0.05, 0.1) is 11.9 Å². The minimum absolute atomic E-state index is 0.739. The molecular weight excluding hydrogens is 162 g/mol. The molecular formula is C10H17N3. The molecule has 1 heterocycles. The second-order valence-electron chi connectivity index (χ2n) is 3.89. The fourth-order valence-corrected chi connectivity index (χ4v) is 1.93. The average molecular weight is 179 g/mol. The molecule has 1 saturated carbocycles. The van der Waals surface area contributed by atoms with Crippen LogP contribution in [0.5, 0.6) is 0 Å². The molecule has 0 unspecified atom stereocenters. The molecule has 72 valence electrons. The summed E-state index contributed by atoms with van der Waals surface area (Å²) in [6.45, 7) is 3.03. The van der Waals surface area contributed by atoms with Crippen molar-refractivity contribution in [3.63, 3.8) is 0 Å². The van der Waals surface area contributed by atoms with Gasteiger partial charge in [-0.2, -0.15) is 5.10 Å². The van der Waals surface area contributed by atoms with Crippen molar-refractivity contribution >= 4 is 0 Å². The van der Waals surface area contributed by atoms with Crippen LogP contribution >= 0.6 is 0 Å². The maximum absolute atomic E-state index is 4.00. The minimum atomic E-state index is 0.739. The molecule has 0 amide bonds. The number of aryl methyl sites for hydroxylation is 1. The Morgan fingerprint density at radius 1 is 1.54 bits per heavy atom. The Labute approximate surface area is 78.9 Å². The predicted molar refractivity (Wildman–Crippen MR) is 52.4 cm³/mol. The number of hydrogen-bond acceptors (Lipinski definition) is 2. The summed E-state index contributed by atoms with van der Waals surface area (Å²) >= 11 is 0. The van der Waals surface area contributed by atoms with Crippen LogP contribution in [0.4, 0.5) is 0 Å². The number of rotatable bonds is 3. The first kappa shape index (κ1) is 8.75. The molecule has 0 aromatic carbocycles. The van der Waals surface area contributed by atoms with Gasteiger partial charge in [0.25, 0.3) is 0 Å². The van der Waals surface area contributed by atoms with Crippen LogP contribution in [-0.4, -0.2) is 16.2 Å². The van der Waals surface area contributed by atoms with Crippen LogP contribution in [-0.2, 0) is 6.54 Å². The zero-order valence-electron chi connectivity index (χ0n) is 8.14. The van der Waals surface area contributed by atoms with Crippen molar-refractivity contribution in [1.82, 2.24) is 15.5 Å². The number of aromatic amines is 1. The minimum Gasteiger partial charge on any atom is -0.308 e. The van der Waals surface area contributed by atoms with Crippen LogP contribution in [0.2, 0.25) is 0 Å². The Balaban J connectivity index is 1.82. The van der Waals surface area contributed by atoms with Crippen molar-refractivity contribution in [2.75, 3.05) is 0 Å². The fourth-order valence-electron chi connectivity index (χ4n) is 1.93. The number of H-pyrrole nitrogens is 1. The summed E-state index contributed by atoms with van der Waals surface area (Å²) in [4.78, 5) is 0. The molecule has 1 aromatic rings. The van der Waals surface area contributed by atoms with Crippen LogP contribution in [0.3, 0.4) is 0 Å². The molecule has 1 aliphatic carbocycles. The highest BCUT2D eigenvalue weighted by atomic mass is 15.1. The smallest absolute Gasteiger partial charge is 0.0519 e. The second-order valence-corrected chi connectivity index (χ2v) is 3.89. The van der Waals surface area contributed by atoms with E-state index in [2.05, 4.69) is 22.4 Å². The Bertz CT molecular complexity index is 261. The normalized spacial score (nSPS) is 18.2. The largest absolute Gasteiger partial charge is 0.308 e. The number of hydrogen-bond donors (Lipinski definition) is 2. The summed E-state index contributed by atoms with van der Waals surface area (Å²) in [5, 5.41) is 10.6. The third kappa shape index (κ3) is 2.10. The molecule has 1 fully saturated rings. The molecule has 0 atom stereocenters. The van der Waals surface area contributed by atoms with Crippen molar-refractivity contribution in [3.8, 4) is 0 Å². The maximum atomic E-state index is 4.00. The molecule has 3 nitrogen and oxygen atoms in total. The van der Waals surface area contributed by atoms with Gasteiger partial charge in [-0.25, -0.2) is 0 Å². The van der Waals surface area contributed by atoms with E-state index in [-0.39, 0.29) is 0 Å². The van der Waals surface area contributed by atoms with Gasteiger partial charge in [0, 0.05) is 12.6 Å². The third-order valence-electron chi connectivity index (χ3n) is 2.86. The van der Waals surface area contributed by atoms with E-state index in [1.54, 1.807) is 0 Å². The van der Waals surface area contributed by atoms with E-state index in [0.29, 0.717) is 0 Å². The Kier molecular flexibility index (Phi) is 2.64. The predicted octanol–water partition coefficient (Wildman–Crippen LogP) is 1.75. The molecule has 1 aromatic heterocycles. The van der Waals surface area contributed by atoms with Crippen LogP contribution in [0.25, 0.3) is 0 Å². The van der Waals surface area contributed by atoms with E-state index in [9.17, 15) is 0 Å². The van der Waals surface area contributed by atoms with Gasteiger partial charge in [0.2, 0.25) is 0 Å². The Hall–Kier alpha value is -0.830. The average Bonchev–Trinajstić information content (AvgIpc) is 2.72. The molecule has 2 N–H and O–H groups in total. The van der Waals surface area contributed by atoms with Crippen LogP contribution < -0.4 is 5.32 Å². The summed E-state index contributed by atoms with van der Waals surface area (Å²) in [7, 11) is 0. The lowest BCUT2D eigenvalue weighted by Gasteiger charge is -2.10. The summed E-state index contributed by atoms with van der Waals surface area (Å²) in [6, 6.07) is 0.739. The van der Waals surface area contributed by atoms with Crippen molar-refractivity contribution in [3.05, 3.63) is 17.5 Å². The number of nitrogens with one attached hydrogen (secondary N) is 2. The maximum Gasteiger partial charge on any atom is 0.0519 e. The van der Waals surface area contributed by atoms with Crippen molar-refractivity contribution in [2.45, 2.75) is 45.2 Å². The highest BCUT2D eigenvalue weighted by Crippen LogP contribution is 2.18. The van der Waals surface area contributed by atoms with Crippen molar-refractivity contribution < 1.29 is 0 Å². The standard InChI is InChI=1S/C10H17N3/c1-8-6-12-13-10(8)7-11-9-4-2-3-5-9/h6,9,11H,2-5,7H2,1H3,(H,12,13). The SMILES string of the molecule is Cc1cn[nH]c1CNC1CCCC1. The molecule has 3 heteroatoms. The van der Waals surface area contributed by atoms with E-state index in [0.717, 1.165) is 12.6 Å². The molecule has 13 heavy (non-hydrogen) atoms. The van der Waals surface area contributed by atoms with Gasteiger partial charge in [-0.1, -0.05) is 12.8 Å². The molecule has 2 rings (SSSR count). The lowest BCUT2D eigenvalue weighted by atomic mass is 10.2. The molecule has 0 aliphatic heterocycles. The summed E-state index contributed by atoms with van der Waals surface area (Å²) < 4.78 is 0. The van der Waals surface area contributed by atoms with Gasteiger partial charge in [-0.15, -0.1) is 0 Å². The number of aromatic nitrogens is 2. The lowest BCUT2D eigenvalue weighted by Crippen LogP contribution is -2.25. The highest BCUT2D eigenvalue weighted by Gasteiger charge is 2.14. The summed E-state index contributed by atoms with van der Waals surface area (Å²) in [5.41, 5.74) is 2.48. The van der Waals surface area contributed by atoms with Gasteiger partial charge >= 0.3 is 0 Å². The monoisotopic (exact) mass is 179 g/mol. The van der Waals surface area contributed by atoms with Gasteiger partial charge in [0.15, 0.2) is 0 Å². The van der Waals surface area contributed by atoms with E-state index in [1.807, 2.05) is 6.20 Å². The third-order valence-corrected chi connectivity index (χ3v) is 2.86. The van der Waals surface area contributed by atoms with Crippen molar-refractivity contribution in [2.24, 2.45) is 0 Å². The summed E-state index contributed by atoms with van der Waals surface area (Å²) in [5.74, 6) is 0. The van der Waals surface area contributed by atoms with Crippen LogP contribution in [0, 0.1) is 6.92 Å². The van der Waals surface area contributed by atoms with Gasteiger partial charge in [-0.05, 0) is 25.3 Å². The highest BCUT2D eigenvalue weighted by molar-refractivity contribution is 5.13. The molecule has 0 bridgehead atoms. The second kappa shape index (κ2) is 3.92. The molecule has 1 aliphatic rings. The van der Waals surface area contributed by atoms with Crippen molar-refractivity contribution in [1.29, 1.82) is 0 Å². The zero-order valence-corrected chi connectivity index (χ0v) is 8.14.